The molecule has 0 saturated carbocycles. The predicted octanol–water partition coefficient (Wildman–Crippen LogP) is 2.95. The van der Waals surface area contributed by atoms with Gasteiger partial charge in [-0.05, 0) is 36.5 Å². The summed E-state index contributed by atoms with van der Waals surface area (Å²) in [6.07, 6.45) is 1.62. The van der Waals surface area contributed by atoms with E-state index in [9.17, 15) is 23.5 Å². The maximum atomic E-state index is 13.8. The number of hydrogen-bond donors (Lipinski definition) is 1. The van der Waals surface area contributed by atoms with Gasteiger partial charge in [-0.25, -0.2) is 13.7 Å². The molecule has 1 saturated heterocycles. The molecule has 150 valence electrons. The number of imide groups is 1. The number of halogens is 2. The van der Waals surface area contributed by atoms with Crippen molar-refractivity contribution in [1.82, 2.24) is 4.90 Å². The summed E-state index contributed by atoms with van der Waals surface area (Å²) >= 11 is 0. The SMILES string of the molecule is O=C1C(c2ccccc2)=C(N2CCCC(CO)C2)C(=O)N1c1ccc(F)c(F)c1. The summed E-state index contributed by atoms with van der Waals surface area (Å²) in [5.41, 5.74) is 1.04. The molecule has 1 unspecified atom stereocenters. The average molecular weight is 398 g/mol. The Morgan fingerprint density at radius 3 is 2.45 bits per heavy atom. The van der Waals surface area contributed by atoms with E-state index in [4.69, 9.17) is 0 Å². The Labute approximate surface area is 166 Å². The molecule has 7 heteroatoms. The van der Waals surface area contributed by atoms with Gasteiger partial charge >= 0.3 is 0 Å². The molecule has 2 amide bonds. The largest absolute Gasteiger partial charge is 0.396 e. The third kappa shape index (κ3) is 3.42. The summed E-state index contributed by atoms with van der Waals surface area (Å²) in [4.78, 5) is 29.3. The van der Waals surface area contributed by atoms with Gasteiger partial charge in [0.05, 0.1) is 11.3 Å². The Balaban J connectivity index is 1.81. The van der Waals surface area contributed by atoms with E-state index in [0.717, 1.165) is 29.9 Å². The van der Waals surface area contributed by atoms with Crippen molar-refractivity contribution < 1.29 is 23.5 Å². The van der Waals surface area contributed by atoms with Crippen LogP contribution in [-0.2, 0) is 9.59 Å². The minimum Gasteiger partial charge on any atom is -0.396 e. The van der Waals surface area contributed by atoms with E-state index in [0.29, 0.717) is 18.7 Å². The van der Waals surface area contributed by atoms with E-state index in [1.54, 1.807) is 30.3 Å². The van der Waals surface area contributed by atoms with Crippen LogP contribution in [0, 0.1) is 17.6 Å². The van der Waals surface area contributed by atoms with Crippen LogP contribution >= 0.6 is 0 Å². The highest BCUT2D eigenvalue weighted by Crippen LogP contribution is 2.36. The van der Waals surface area contributed by atoms with Gasteiger partial charge in [-0.15, -0.1) is 0 Å². The molecule has 2 aliphatic rings. The second kappa shape index (κ2) is 7.75. The Morgan fingerprint density at radius 2 is 1.76 bits per heavy atom. The molecule has 1 N–H and O–H groups in total. The number of piperidine rings is 1. The topological polar surface area (TPSA) is 60.9 Å². The van der Waals surface area contributed by atoms with Crippen molar-refractivity contribution in [3.05, 3.63) is 71.4 Å². The standard InChI is InChI=1S/C22H20F2N2O3/c23-17-9-8-16(11-18(17)24)26-21(28)19(15-6-2-1-3-7-15)20(22(26)29)25-10-4-5-14(12-25)13-27/h1-3,6-9,11,14,27H,4-5,10,12-13H2. The molecule has 0 aliphatic carbocycles. The fraction of sp³-hybridized carbons (Fsp3) is 0.273. The summed E-state index contributed by atoms with van der Waals surface area (Å²) in [5, 5.41) is 9.56. The Morgan fingerprint density at radius 1 is 1.00 bits per heavy atom. The minimum atomic E-state index is -1.13. The smallest absolute Gasteiger partial charge is 0.282 e. The molecule has 4 rings (SSSR count). The van der Waals surface area contributed by atoms with Crippen LogP contribution in [0.4, 0.5) is 14.5 Å². The lowest BCUT2D eigenvalue weighted by Gasteiger charge is -2.34. The summed E-state index contributed by atoms with van der Waals surface area (Å²) in [7, 11) is 0. The summed E-state index contributed by atoms with van der Waals surface area (Å²) in [6, 6.07) is 11.8. The molecule has 0 spiro atoms. The highest BCUT2D eigenvalue weighted by molar-refractivity contribution is 6.45. The lowest BCUT2D eigenvalue weighted by Crippen LogP contribution is -2.40. The van der Waals surface area contributed by atoms with E-state index in [-0.39, 0.29) is 29.5 Å². The second-order valence-corrected chi connectivity index (χ2v) is 7.27. The van der Waals surface area contributed by atoms with Crippen molar-refractivity contribution in [2.45, 2.75) is 12.8 Å². The minimum absolute atomic E-state index is 0.000521. The maximum absolute atomic E-state index is 13.8. The maximum Gasteiger partial charge on any atom is 0.282 e. The van der Waals surface area contributed by atoms with Gasteiger partial charge in [0, 0.05) is 25.8 Å². The third-order valence-electron chi connectivity index (χ3n) is 5.38. The molecule has 2 heterocycles. The number of carbonyl (C=O) groups is 2. The Bertz CT molecular complexity index is 991. The molecular formula is C22H20F2N2O3. The number of anilines is 1. The Hall–Kier alpha value is -3.06. The molecule has 2 aliphatic heterocycles. The quantitative estimate of drug-likeness (QED) is 0.805. The van der Waals surface area contributed by atoms with Crippen molar-refractivity contribution in [1.29, 1.82) is 0 Å². The van der Waals surface area contributed by atoms with E-state index >= 15 is 0 Å². The lowest BCUT2D eigenvalue weighted by atomic mass is 9.97. The zero-order valence-corrected chi connectivity index (χ0v) is 15.6. The van der Waals surface area contributed by atoms with Crippen LogP contribution in [0.15, 0.2) is 54.2 Å². The van der Waals surface area contributed by atoms with Crippen LogP contribution in [0.5, 0.6) is 0 Å². The first-order valence-electron chi connectivity index (χ1n) is 9.50. The number of amides is 2. The average Bonchev–Trinajstić information content (AvgIpc) is 3.01. The normalized spacial score (nSPS) is 20.0. The van der Waals surface area contributed by atoms with Crippen molar-refractivity contribution in [3.8, 4) is 0 Å². The number of likely N-dealkylation sites (tertiary alicyclic amines) is 1. The van der Waals surface area contributed by atoms with Crippen molar-refractivity contribution in [3.63, 3.8) is 0 Å². The monoisotopic (exact) mass is 398 g/mol. The van der Waals surface area contributed by atoms with E-state index in [2.05, 4.69) is 0 Å². The first-order valence-corrected chi connectivity index (χ1v) is 9.50. The second-order valence-electron chi connectivity index (χ2n) is 7.27. The molecule has 0 aromatic heterocycles. The zero-order valence-electron chi connectivity index (χ0n) is 15.6. The fourth-order valence-corrected chi connectivity index (χ4v) is 3.95. The van der Waals surface area contributed by atoms with Crippen LogP contribution in [-0.4, -0.2) is 41.5 Å². The number of hydrogen-bond acceptors (Lipinski definition) is 4. The first-order chi connectivity index (χ1) is 14.0. The summed E-state index contributed by atoms with van der Waals surface area (Å²) < 4.78 is 27.1. The van der Waals surface area contributed by atoms with E-state index in [1.807, 2.05) is 4.90 Å². The van der Waals surface area contributed by atoms with Gasteiger partial charge in [0.1, 0.15) is 5.70 Å². The van der Waals surface area contributed by atoms with Gasteiger partial charge in [0.25, 0.3) is 11.8 Å². The van der Waals surface area contributed by atoms with E-state index in [1.165, 1.54) is 6.07 Å². The van der Waals surface area contributed by atoms with Crippen LogP contribution in [0.2, 0.25) is 0 Å². The lowest BCUT2D eigenvalue weighted by molar-refractivity contribution is -0.120. The number of carbonyl (C=O) groups excluding carboxylic acids is 2. The number of rotatable bonds is 4. The van der Waals surface area contributed by atoms with Crippen molar-refractivity contribution >= 4 is 23.1 Å². The predicted molar refractivity (Wildman–Crippen MR) is 104 cm³/mol. The fourth-order valence-electron chi connectivity index (χ4n) is 3.95. The highest BCUT2D eigenvalue weighted by Gasteiger charge is 2.43. The summed E-state index contributed by atoms with van der Waals surface area (Å²) in [6.45, 7) is 1.03. The highest BCUT2D eigenvalue weighted by atomic mass is 19.2. The van der Waals surface area contributed by atoms with Crippen LogP contribution in [0.1, 0.15) is 18.4 Å². The van der Waals surface area contributed by atoms with E-state index < -0.39 is 23.4 Å². The number of aliphatic hydroxyl groups excluding tert-OH is 1. The molecule has 2 aromatic rings. The molecule has 0 bridgehead atoms. The first kappa shape index (κ1) is 19.3. The molecular weight excluding hydrogens is 378 g/mol. The van der Waals surface area contributed by atoms with Crippen LogP contribution < -0.4 is 4.90 Å². The molecule has 1 atom stereocenters. The van der Waals surface area contributed by atoms with Crippen molar-refractivity contribution in [2.24, 2.45) is 5.92 Å². The summed E-state index contributed by atoms with van der Waals surface area (Å²) in [5.74, 6) is -3.32. The van der Waals surface area contributed by atoms with Gasteiger partial charge in [-0.3, -0.25) is 9.59 Å². The molecule has 29 heavy (non-hydrogen) atoms. The zero-order chi connectivity index (χ0) is 20.5. The van der Waals surface area contributed by atoms with Gasteiger partial charge in [0.15, 0.2) is 11.6 Å². The van der Waals surface area contributed by atoms with Gasteiger partial charge < -0.3 is 10.0 Å². The van der Waals surface area contributed by atoms with Crippen molar-refractivity contribution in [2.75, 3.05) is 24.6 Å². The van der Waals surface area contributed by atoms with Gasteiger partial charge in [-0.1, -0.05) is 30.3 Å². The van der Waals surface area contributed by atoms with Gasteiger partial charge in [0.2, 0.25) is 0 Å². The van der Waals surface area contributed by atoms with Crippen LogP contribution in [0.25, 0.3) is 5.57 Å². The van der Waals surface area contributed by atoms with Crippen LogP contribution in [0.3, 0.4) is 0 Å². The molecule has 0 radical (unpaired) electrons. The third-order valence-corrected chi connectivity index (χ3v) is 5.38. The molecule has 5 nitrogen and oxygen atoms in total. The molecule has 1 fully saturated rings. The van der Waals surface area contributed by atoms with Gasteiger partial charge in [-0.2, -0.15) is 0 Å². The molecule has 2 aromatic carbocycles. The number of nitrogens with zero attached hydrogens (tertiary/aromatic N) is 2. The Kier molecular flexibility index (Phi) is 5.15. The number of aliphatic hydroxyl groups is 1. The number of benzene rings is 2.